The van der Waals surface area contributed by atoms with Crippen LogP contribution in [0.2, 0.25) is 0 Å². The lowest BCUT2D eigenvalue weighted by atomic mass is 10.2. The van der Waals surface area contributed by atoms with Crippen LogP contribution in [-0.4, -0.2) is 25.5 Å². The third kappa shape index (κ3) is 3.92. The molecule has 3 aromatic heterocycles. The van der Waals surface area contributed by atoms with Crippen LogP contribution >= 0.6 is 34.4 Å². The van der Waals surface area contributed by atoms with Crippen molar-refractivity contribution in [2.45, 2.75) is 17.0 Å². The maximum absolute atomic E-state index is 12.2. The number of hydrogen-bond donors (Lipinski definition) is 1. The summed E-state index contributed by atoms with van der Waals surface area (Å²) >= 11 is 4.16. The van der Waals surface area contributed by atoms with E-state index in [1.165, 1.54) is 34.4 Å². The van der Waals surface area contributed by atoms with E-state index in [2.05, 4.69) is 20.5 Å². The maximum Gasteiger partial charge on any atom is 0.258 e. The van der Waals surface area contributed by atoms with Gasteiger partial charge in [-0.25, -0.2) is 4.98 Å². The van der Waals surface area contributed by atoms with Crippen molar-refractivity contribution < 1.29 is 4.79 Å². The first kappa shape index (κ1) is 17.8. The Hall–Kier alpha value is -2.56. The zero-order valence-electron chi connectivity index (χ0n) is 14.1. The number of aromatic nitrogens is 4. The standard InChI is InChI=1S/C17H13N5O2S3/c1-10-8-25-16-18-12(7-13(23)22(10)16)9-26-17-21-20-15(27-17)19-14(24)11-5-3-2-4-6-11/h2-8H,9H2,1H3,(H,19,20,24). The predicted octanol–water partition coefficient (Wildman–Crippen LogP) is 3.46. The average Bonchev–Trinajstić information content (AvgIpc) is 3.27. The molecule has 0 spiro atoms. The highest BCUT2D eigenvalue weighted by Crippen LogP contribution is 2.28. The molecule has 1 amide bonds. The van der Waals surface area contributed by atoms with Gasteiger partial charge in [0.15, 0.2) is 9.30 Å². The number of nitrogens with zero attached hydrogens (tertiary/aromatic N) is 4. The molecule has 0 saturated heterocycles. The van der Waals surface area contributed by atoms with Crippen LogP contribution in [-0.2, 0) is 5.75 Å². The summed E-state index contributed by atoms with van der Waals surface area (Å²) in [4.78, 5) is 29.5. The molecule has 1 aromatic carbocycles. The van der Waals surface area contributed by atoms with Gasteiger partial charge in [0.25, 0.3) is 11.5 Å². The number of benzene rings is 1. The van der Waals surface area contributed by atoms with E-state index in [1.54, 1.807) is 34.7 Å². The minimum absolute atomic E-state index is 0.0811. The van der Waals surface area contributed by atoms with Crippen LogP contribution in [0.1, 0.15) is 21.7 Å². The van der Waals surface area contributed by atoms with Gasteiger partial charge in [-0.1, -0.05) is 41.3 Å². The first-order valence-electron chi connectivity index (χ1n) is 7.89. The van der Waals surface area contributed by atoms with Gasteiger partial charge in [-0.15, -0.1) is 21.5 Å². The van der Waals surface area contributed by atoms with Crippen LogP contribution in [0.15, 0.2) is 50.9 Å². The van der Waals surface area contributed by atoms with Gasteiger partial charge >= 0.3 is 0 Å². The van der Waals surface area contributed by atoms with Gasteiger partial charge < -0.3 is 0 Å². The second-order valence-electron chi connectivity index (χ2n) is 5.56. The zero-order chi connectivity index (χ0) is 18.8. The molecule has 27 heavy (non-hydrogen) atoms. The Bertz CT molecular complexity index is 1170. The molecule has 0 radical (unpaired) electrons. The van der Waals surface area contributed by atoms with Gasteiger partial charge in [0.05, 0.1) is 5.69 Å². The molecule has 7 nitrogen and oxygen atoms in total. The van der Waals surface area contributed by atoms with Gasteiger partial charge in [-0.2, -0.15) is 0 Å². The van der Waals surface area contributed by atoms with Crippen molar-refractivity contribution in [2.75, 3.05) is 5.32 Å². The maximum atomic E-state index is 12.2. The molecule has 3 heterocycles. The average molecular weight is 416 g/mol. The summed E-state index contributed by atoms with van der Waals surface area (Å²) in [6.45, 7) is 1.88. The Labute approximate surface area is 166 Å². The van der Waals surface area contributed by atoms with E-state index in [0.717, 1.165) is 5.69 Å². The number of aryl methyl sites for hydroxylation is 1. The number of anilines is 1. The summed E-state index contributed by atoms with van der Waals surface area (Å²) in [6.07, 6.45) is 0. The lowest BCUT2D eigenvalue weighted by Crippen LogP contribution is -2.14. The summed E-state index contributed by atoms with van der Waals surface area (Å²) in [5.41, 5.74) is 2.06. The van der Waals surface area contributed by atoms with Gasteiger partial charge in [0, 0.05) is 28.5 Å². The number of rotatable bonds is 5. The van der Waals surface area contributed by atoms with E-state index in [1.807, 2.05) is 18.4 Å². The molecule has 10 heteroatoms. The Kier molecular flexibility index (Phi) is 5.01. The third-order valence-corrected chi connectivity index (χ3v) is 6.58. The molecule has 4 aromatic rings. The smallest absolute Gasteiger partial charge is 0.258 e. The molecular weight excluding hydrogens is 402 g/mol. The van der Waals surface area contributed by atoms with Crippen molar-refractivity contribution in [1.29, 1.82) is 0 Å². The van der Waals surface area contributed by atoms with Crippen LogP contribution in [0, 0.1) is 6.92 Å². The van der Waals surface area contributed by atoms with Crippen molar-refractivity contribution in [3.8, 4) is 0 Å². The monoisotopic (exact) mass is 415 g/mol. The van der Waals surface area contributed by atoms with E-state index in [-0.39, 0.29) is 11.5 Å². The Morgan fingerprint density at radius 1 is 1.26 bits per heavy atom. The molecule has 0 aliphatic heterocycles. The molecule has 0 aliphatic carbocycles. The Morgan fingerprint density at radius 3 is 2.89 bits per heavy atom. The highest BCUT2D eigenvalue weighted by molar-refractivity contribution is 8.00. The predicted molar refractivity (Wildman–Crippen MR) is 108 cm³/mol. The molecule has 136 valence electrons. The largest absolute Gasteiger partial charge is 0.296 e. The second-order valence-corrected chi connectivity index (χ2v) is 8.60. The van der Waals surface area contributed by atoms with Crippen LogP contribution in [0.5, 0.6) is 0 Å². The molecule has 4 rings (SSSR count). The number of carbonyl (C=O) groups is 1. The third-order valence-electron chi connectivity index (χ3n) is 3.64. The van der Waals surface area contributed by atoms with Crippen molar-refractivity contribution in [2.24, 2.45) is 0 Å². The number of thioether (sulfide) groups is 1. The highest BCUT2D eigenvalue weighted by atomic mass is 32.2. The Balaban J connectivity index is 1.43. The summed E-state index contributed by atoms with van der Waals surface area (Å²) in [7, 11) is 0. The fourth-order valence-electron chi connectivity index (χ4n) is 2.39. The lowest BCUT2D eigenvalue weighted by molar-refractivity contribution is 0.102. The Morgan fingerprint density at radius 2 is 2.07 bits per heavy atom. The van der Waals surface area contributed by atoms with E-state index >= 15 is 0 Å². The first-order valence-corrected chi connectivity index (χ1v) is 10.6. The summed E-state index contributed by atoms with van der Waals surface area (Å²) in [6, 6.07) is 10.5. The summed E-state index contributed by atoms with van der Waals surface area (Å²) in [5, 5.41) is 13.2. The molecule has 0 atom stereocenters. The van der Waals surface area contributed by atoms with Gasteiger partial charge in [0.2, 0.25) is 5.13 Å². The lowest BCUT2D eigenvalue weighted by Gasteiger charge is -2.00. The van der Waals surface area contributed by atoms with Crippen molar-refractivity contribution >= 4 is 50.4 Å². The zero-order valence-corrected chi connectivity index (χ0v) is 16.5. The molecule has 0 fully saturated rings. The summed E-state index contributed by atoms with van der Waals surface area (Å²) in [5.74, 6) is 0.278. The fourth-order valence-corrected chi connectivity index (χ4v) is 4.92. The van der Waals surface area contributed by atoms with Crippen molar-refractivity contribution in [1.82, 2.24) is 19.6 Å². The van der Waals surface area contributed by atoms with Crippen LogP contribution in [0.4, 0.5) is 5.13 Å². The SMILES string of the molecule is Cc1csc2nc(CSc3nnc(NC(=O)c4ccccc4)s3)cc(=O)n12. The molecular formula is C17H13N5O2S3. The van der Waals surface area contributed by atoms with Crippen molar-refractivity contribution in [3.63, 3.8) is 0 Å². The quantitative estimate of drug-likeness (QED) is 0.397. The van der Waals surface area contributed by atoms with Gasteiger partial charge in [0.1, 0.15) is 0 Å². The highest BCUT2D eigenvalue weighted by Gasteiger charge is 2.12. The minimum atomic E-state index is -0.225. The van der Waals surface area contributed by atoms with E-state index in [4.69, 9.17) is 0 Å². The fraction of sp³-hybridized carbons (Fsp3) is 0.118. The first-order chi connectivity index (χ1) is 13.1. The van der Waals surface area contributed by atoms with Gasteiger partial charge in [-0.3, -0.25) is 19.3 Å². The number of amides is 1. The van der Waals surface area contributed by atoms with E-state index in [0.29, 0.717) is 31.4 Å². The molecule has 0 aliphatic rings. The molecule has 0 unspecified atom stereocenters. The van der Waals surface area contributed by atoms with Crippen molar-refractivity contribution in [3.05, 3.63) is 69.1 Å². The number of hydrogen-bond acceptors (Lipinski definition) is 8. The van der Waals surface area contributed by atoms with E-state index in [9.17, 15) is 9.59 Å². The number of carbonyl (C=O) groups excluding carboxylic acids is 1. The number of nitrogens with one attached hydrogen (secondary N) is 1. The second kappa shape index (κ2) is 7.59. The molecule has 0 saturated carbocycles. The molecule has 1 N–H and O–H groups in total. The molecule has 0 bridgehead atoms. The van der Waals surface area contributed by atoms with Crippen LogP contribution in [0.3, 0.4) is 0 Å². The normalized spacial score (nSPS) is 11.0. The number of thiazole rings is 1. The van der Waals surface area contributed by atoms with E-state index < -0.39 is 0 Å². The minimum Gasteiger partial charge on any atom is -0.296 e. The van der Waals surface area contributed by atoms with Crippen LogP contribution in [0.25, 0.3) is 4.96 Å². The number of fused-ring (bicyclic) bond motifs is 1. The topological polar surface area (TPSA) is 89.2 Å². The summed E-state index contributed by atoms with van der Waals surface area (Å²) < 4.78 is 2.30. The van der Waals surface area contributed by atoms with Crippen LogP contribution < -0.4 is 10.9 Å². The van der Waals surface area contributed by atoms with Gasteiger partial charge in [-0.05, 0) is 19.1 Å².